The van der Waals surface area contributed by atoms with E-state index in [1.807, 2.05) is 6.07 Å². The lowest BCUT2D eigenvalue weighted by Crippen LogP contribution is -1.91. The van der Waals surface area contributed by atoms with Gasteiger partial charge in [-0.3, -0.25) is 0 Å². The number of benzene rings is 9. The van der Waals surface area contributed by atoms with Gasteiger partial charge in [-0.15, -0.1) is 0 Å². The van der Waals surface area contributed by atoms with Gasteiger partial charge in [0.05, 0.1) is 0 Å². The molecule has 0 atom stereocenters. The molecule has 0 fully saturated rings. The third-order valence-electron chi connectivity index (χ3n) is 10.5. The molecule has 232 valence electrons. The van der Waals surface area contributed by atoms with E-state index in [1.165, 1.54) is 71.1 Å². The minimum absolute atomic E-state index is 0.907. The minimum Gasteiger partial charge on any atom is -0.456 e. The van der Waals surface area contributed by atoms with Crippen molar-refractivity contribution in [2.75, 3.05) is 0 Å². The number of fused-ring (bicyclic) bond motifs is 10. The number of furan rings is 2. The summed E-state index contributed by atoms with van der Waals surface area (Å²) in [6, 6.07) is 60.8. The number of hydrogen-bond donors (Lipinski definition) is 0. The zero-order chi connectivity index (χ0) is 32.8. The van der Waals surface area contributed by atoms with Crippen molar-refractivity contribution in [3.63, 3.8) is 0 Å². The third kappa shape index (κ3) is 3.85. The van der Waals surface area contributed by atoms with Gasteiger partial charge >= 0.3 is 0 Å². The zero-order valence-corrected chi connectivity index (χ0v) is 27.0. The fourth-order valence-corrected chi connectivity index (χ4v) is 8.36. The molecule has 50 heavy (non-hydrogen) atoms. The van der Waals surface area contributed by atoms with Crippen LogP contribution < -0.4 is 0 Å². The molecular weight excluding hydrogens is 609 g/mol. The van der Waals surface area contributed by atoms with Gasteiger partial charge in [-0.1, -0.05) is 146 Å². The molecular formula is C48H28O2. The molecule has 2 nitrogen and oxygen atoms in total. The van der Waals surface area contributed by atoms with Gasteiger partial charge in [0.25, 0.3) is 0 Å². The van der Waals surface area contributed by atoms with Crippen LogP contribution in [-0.4, -0.2) is 0 Å². The quantitative estimate of drug-likeness (QED) is 0.180. The van der Waals surface area contributed by atoms with Gasteiger partial charge in [0.1, 0.15) is 22.3 Å². The predicted octanol–water partition coefficient (Wildman–Crippen LogP) is 13.9. The summed E-state index contributed by atoms with van der Waals surface area (Å²) in [5.74, 6) is 0. The van der Waals surface area contributed by atoms with Crippen molar-refractivity contribution in [3.05, 3.63) is 170 Å². The highest BCUT2D eigenvalue weighted by atomic mass is 16.3. The lowest BCUT2D eigenvalue weighted by Gasteiger charge is -2.18. The summed E-state index contributed by atoms with van der Waals surface area (Å²) in [5, 5.41) is 12.0. The number of para-hydroxylation sites is 1. The summed E-state index contributed by atoms with van der Waals surface area (Å²) in [6.45, 7) is 0. The molecule has 11 rings (SSSR count). The second-order valence-electron chi connectivity index (χ2n) is 13.1. The molecule has 0 amide bonds. The second-order valence-corrected chi connectivity index (χ2v) is 13.1. The van der Waals surface area contributed by atoms with Crippen LogP contribution in [0.3, 0.4) is 0 Å². The van der Waals surface area contributed by atoms with E-state index in [2.05, 4.69) is 164 Å². The van der Waals surface area contributed by atoms with E-state index in [9.17, 15) is 0 Å². The predicted molar refractivity (Wildman–Crippen MR) is 210 cm³/mol. The van der Waals surface area contributed by atoms with Crippen LogP contribution in [-0.2, 0) is 0 Å². The van der Waals surface area contributed by atoms with E-state index < -0.39 is 0 Å². The van der Waals surface area contributed by atoms with E-state index in [4.69, 9.17) is 8.83 Å². The Kier molecular flexibility index (Phi) is 5.70. The van der Waals surface area contributed by atoms with Gasteiger partial charge < -0.3 is 8.83 Å². The first-order valence-corrected chi connectivity index (χ1v) is 17.1. The van der Waals surface area contributed by atoms with Crippen LogP contribution in [0, 0.1) is 0 Å². The van der Waals surface area contributed by atoms with Crippen LogP contribution in [0.15, 0.2) is 179 Å². The van der Waals surface area contributed by atoms with Crippen molar-refractivity contribution in [2.24, 2.45) is 0 Å². The van der Waals surface area contributed by atoms with E-state index >= 15 is 0 Å². The molecule has 0 aliphatic rings. The normalized spacial score (nSPS) is 12.0. The highest BCUT2D eigenvalue weighted by Gasteiger charge is 2.21. The van der Waals surface area contributed by atoms with Crippen LogP contribution in [0.2, 0.25) is 0 Å². The summed E-state index contributed by atoms with van der Waals surface area (Å²) < 4.78 is 12.7. The number of hydrogen-bond acceptors (Lipinski definition) is 2. The highest BCUT2D eigenvalue weighted by molar-refractivity contribution is 6.26. The van der Waals surface area contributed by atoms with Gasteiger partial charge in [0.2, 0.25) is 0 Å². The van der Waals surface area contributed by atoms with E-state index in [-0.39, 0.29) is 0 Å². The SMILES string of the molecule is c1ccc2c(c1)ccc1oc3cccc(-c4ccc(-c5c6ccccc6c(-c6cccc7oc8ccccc8c67)c6ccccc56)cc4)c3c12. The van der Waals surface area contributed by atoms with Crippen LogP contribution >= 0.6 is 0 Å². The molecule has 2 heterocycles. The molecule has 0 aliphatic heterocycles. The maximum absolute atomic E-state index is 6.40. The van der Waals surface area contributed by atoms with Crippen LogP contribution in [0.25, 0.3) is 110 Å². The Bertz CT molecular complexity index is 3080. The second kappa shape index (κ2) is 10.4. The average Bonchev–Trinajstić information content (AvgIpc) is 3.76. The van der Waals surface area contributed by atoms with Crippen molar-refractivity contribution >= 4 is 76.2 Å². The van der Waals surface area contributed by atoms with Crippen molar-refractivity contribution in [3.8, 4) is 33.4 Å². The van der Waals surface area contributed by atoms with Crippen molar-refractivity contribution in [1.82, 2.24) is 0 Å². The van der Waals surface area contributed by atoms with Crippen molar-refractivity contribution in [2.45, 2.75) is 0 Å². The fourth-order valence-electron chi connectivity index (χ4n) is 8.36. The van der Waals surface area contributed by atoms with E-state index in [0.29, 0.717) is 0 Å². The number of rotatable bonds is 3. The Morgan fingerprint density at radius 3 is 1.48 bits per heavy atom. The van der Waals surface area contributed by atoms with Crippen LogP contribution in [0.1, 0.15) is 0 Å². The molecule has 2 heteroatoms. The molecule has 11 aromatic rings. The topological polar surface area (TPSA) is 26.3 Å². The smallest absolute Gasteiger partial charge is 0.136 e. The molecule has 9 aromatic carbocycles. The first kappa shape index (κ1) is 27.3. The Balaban J connectivity index is 1.14. The van der Waals surface area contributed by atoms with Gasteiger partial charge in [0.15, 0.2) is 0 Å². The van der Waals surface area contributed by atoms with E-state index in [0.717, 1.165) is 38.5 Å². The maximum Gasteiger partial charge on any atom is 0.136 e. The molecule has 0 N–H and O–H groups in total. The Morgan fingerprint density at radius 1 is 0.260 bits per heavy atom. The summed E-state index contributed by atoms with van der Waals surface area (Å²) in [7, 11) is 0. The van der Waals surface area contributed by atoms with Crippen LogP contribution in [0.4, 0.5) is 0 Å². The summed E-state index contributed by atoms with van der Waals surface area (Å²) >= 11 is 0. The fraction of sp³-hybridized carbons (Fsp3) is 0. The molecule has 2 aromatic heterocycles. The molecule has 0 saturated heterocycles. The Hall–Kier alpha value is -6.64. The maximum atomic E-state index is 6.40. The van der Waals surface area contributed by atoms with Gasteiger partial charge in [-0.2, -0.15) is 0 Å². The van der Waals surface area contributed by atoms with Crippen molar-refractivity contribution < 1.29 is 8.83 Å². The van der Waals surface area contributed by atoms with Gasteiger partial charge in [-0.25, -0.2) is 0 Å². The molecule has 0 saturated carbocycles. The third-order valence-corrected chi connectivity index (χ3v) is 10.5. The largest absolute Gasteiger partial charge is 0.456 e. The standard InChI is InChI=1S/C48H28O2/c1-2-12-32-29(11-1)27-28-43-48(32)47-33(18-9-22-42(47)50-43)30-23-25-31(26-24-30)44-34-13-3-5-15-36(34)45(37-16-6-4-14-35(37)44)39-19-10-21-41-46(39)38-17-7-8-20-40(38)49-41/h1-28H. The van der Waals surface area contributed by atoms with Crippen LogP contribution in [0.5, 0.6) is 0 Å². The lowest BCUT2D eigenvalue weighted by molar-refractivity contribution is 0.668. The van der Waals surface area contributed by atoms with Gasteiger partial charge in [-0.05, 0) is 90.0 Å². The first-order chi connectivity index (χ1) is 24.8. The average molecular weight is 637 g/mol. The molecule has 0 unspecified atom stereocenters. The monoisotopic (exact) mass is 636 g/mol. The zero-order valence-electron chi connectivity index (χ0n) is 27.0. The molecule has 0 spiro atoms. The minimum atomic E-state index is 0.907. The van der Waals surface area contributed by atoms with E-state index in [1.54, 1.807) is 0 Å². The Morgan fingerprint density at radius 2 is 0.760 bits per heavy atom. The summed E-state index contributed by atoms with van der Waals surface area (Å²) in [5.41, 5.74) is 10.8. The summed E-state index contributed by atoms with van der Waals surface area (Å²) in [6.07, 6.45) is 0. The molecule has 0 aliphatic carbocycles. The van der Waals surface area contributed by atoms with Gasteiger partial charge in [0, 0.05) is 21.5 Å². The first-order valence-electron chi connectivity index (χ1n) is 17.1. The molecule has 0 radical (unpaired) electrons. The van der Waals surface area contributed by atoms with Crippen molar-refractivity contribution in [1.29, 1.82) is 0 Å². The lowest BCUT2D eigenvalue weighted by atomic mass is 9.84. The Labute approximate surface area is 287 Å². The molecule has 0 bridgehead atoms. The highest BCUT2D eigenvalue weighted by Crippen LogP contribution is 2.47. The summed E-state index contributed by atoms with van der Waals surface area (Å²) in [4.78, 5) is 0.